The molecule has 0 radical (unpaired) electrons. The average molecular weight is 443 g/mol. The molecule has 0 aliphatic carbocycles. The highest BCUT2D eigenvalue weighted by atomic mass is 32.2. The van der Waals surface area contributed by atoms with Crippen LogP contribution in [-0.2, 0) is 21.1 Å². The number of anilines is 3. The quantitative estimate of drug-likeness (QED) is 0.636. The maximum absolute atomic E-state index is 12.1. The van der Waals surface area contributed by atoms with Gasteiger partial charge >= 0.3 is 6.03 Å². The second-order valence-electron chi connectivity index (χ2n) is 7.88. The maximum atomic E-state index is 12.1. The number of hydrogen-bond acceptors (Lipinski definition) is 5. The van der Waals surface area contributed by atoms with Crippen molar-refractivity contribution in [1.82, 2.24) is 10.6 Å². The fourth-order valence-corrected chi connectivity index (χ4v) is 5.68. The van der Waals surface area contributed by atoms with Crippen LogP contribution in [0.15, 0.2) is 48.5 Å². The fraction of sp³-hybridized carbons (Fsp3) is 0.364. The number of benzene rings is 2. The minimum atomic E-state index is -3.03. The third kappa shape index (κ3) is 5.35. The Hall–Kier alpha value is -3.07. The van der Waals surface area contributed by atoms with Crippen molar-refractivity contribution < 1.29 is 18.0 Å². The van der Waals surface area contributed by atoms with Crippen LogP contribution in [0.3, 0.4) is 0 Å². The summed E-state index contributed by atoms with van der Waals surface area (Å²) in [6, 6.07) is 15.3. The van der Waals surface area contributed by atoms with E-state index in [-0.39, 0.29) is 36.4 Å². The predicted octanol–water partition coefficient (Wildman–Crippen LogP) is 2.20. The lowest BCUT2D eigenvalue weighted by Crippen LogP contribution is -2.38. The van der Waals surface area contributed by atoms with Gasteiger partial charge in [-0.1, -0.05) is 18.2 Å². The molecule has 0 spiro atoms. The van der Waals surface area contributed by atoms with Gasteiger partial charge in [0.15, 0.2) is 9.84 Å². The molecule has 2 aromatic rings. The van der Waals surface area contributed by atoms with Crippen LogP contribution in [0.2, 0.25) is 0 Å². The standard InChI is InChI=1S/C22H26N4O4S/c27-21(24-18-11-14-31(29,30)15-18)9-12-23-22(28)25-17-5-7-19(8-6-17)26-13-10-16-3-1-2-4-20(16)26/h1-8,18H,9-15H2,(H,24,27)(H2,23,25,28). The molecule has 1 fully saturated rings. The van der Waals surface area contributed by atoms with Gasteiger partial charge in [0.1, 0.15) is 0 Å². The van der Waals surface area contributed by atoms with Gasteiger partial charge in [-0.05, 0) is 48.7 Å². The SMILES string of the molecule is O=C(CCNC(=O)Nc1ccc(N2CCc3ccccc32)cc1)NC1CCS(=O)(=O)C1. The number of urea groups is 1. The van der Waals surface area contributed by atoms with Crippen LogP contribution in [0.25, 0.3) is 0 Å². The molecular formula is C22H26N4O4S. The van der Waals surface area contributed by atoms with Gasteiger partial charge in [0.2, 0.25) is 5.91 Å². The van der Waals surface area contributed by atoms with Crippen molar-refractivity contribution in [1.29, 1.82) is 0 Å². The highest BCUT2D eigenvalue weighted by Gasteiger charge is 2.28. The number of carbonyl (C=O) groups is 2. The van der Waals surface area contributed by atoms with Crippen molar-refractivity contribution >= 4 is 38.8 Å². The number of sulfone groups is 1. The maximum Gasteiger partial charge on any atom is 0.319 e. The number of rotatable bonds is 6. The summed E-state index contributed by atoms with van der Waals surface area (Å²) >= 11 is 0. The summed E-state index contributed by atoms with van der Waals surface area (Å²) in [5.41, 5.74) is 4.29. The molecule has 3 N–H and O–H groups in total. The first kappa shape index (κ1) is 21.2. The zero-order valence-electron chi connectivity index (χ0n) is 17.1. The van der Waals surface area contributed by atoms with Crippen molar-refractivity contribution in [2.24, 2.45) is 0 Å². The predicted molar refractivity (Wildman–Crippen MR) is 120 cm³/mol. The Morgan fingerprint density at radius 2 is 1.84 bits per heavy atom. The van der Waals surface area contributed by atoms with Gasteiger partial charge in [0, 0.05) is 42.6 Å². The Morgan fingerprint density at radius 3 is 2.58 bits per heavy atom. The van der Waals surface area contributed by atoms with E-state index in [1.165, 1.54) is 11.3 Å². The molecule has 0 bridgehead atoms. The Kier molecular flexibility index (Phi) is 6.13. The van der Waals surface area contributed by atoms with Crippen molar-refractivity contribution in [3.05, 3.63) is 54.1 Å². The van der Waals surface area contributed by atoms with E-state index in [1.54, 1.807) is 0 Å². The molecule has 9 heteroatoms. The van der Waals surface area contributed by atoms with E-state index in [0.717, 1.165) is 18.7 Å². The third-order valence-electron chi connectivity index (χ3n) is 5.56. The van der Waals surface area contributed by atoms with E-state index in [4.69, 9.17) is 0 Å². The van der Waals surface area contributed by atoms with E-state index in [9.17, 15) is 18.0 Å². The smallest absolute Gasteiger partial charge is 0.319 e. The van der Waals surface area contributed by atoms with Gasteiger partial charge in [-0.25, -0.2) is 13.2 Å². The molecule has 1 unspecified atom stereocenters. The van der Waals surface area contributed by atoms with Crippen molar-refractivity contribution in [2.45, 2.75) is 25.3 Å². The summed E-state index contributed by atoms with van der Waals surface area (Å²) in [5.74, 6) is -0.162. The molecule has 1 saturated heterocycles. The molecule has 2 aliphatic rings. The molecule has 0 aromatic heterocycles. The molecule has 2 heterocycles. The van der Waals surface area contributed by atoms with Crippen LogP contribution in [0, 0.1) is 0 Å². The zero-order chi connectivity index (χ0) is 21.8. The number of nitrogens with one attached hydrogen (secondary N) is 3. The molecule has 4 rings (SSSR count). The number of amides is 3. The lowest BCUT2D eigenvalue weighted by atomic mass is 10.2. The zero-order valence-corrected chi connectivity index (χ0v) is 18.0. The number of carbonyl (C=O) groups excluding carboxylic acids is 2. The summed E-state index contributed by atoms with van der Waals surface area (Å²) in [4.78, 5) is 26.3. The first-order valence-corrected chi connectivity index (χ1v) is 12.2. The highest BCUT2D eigenvalue weighted by Crippen LogP contribution is 2.34. The summed E-state index contributed by atoms with van der Waals surface area (Å²) < 4.78 is 22.9. The van der Waals surface area contributed by atoms with Crippen molar-refractivity contribution in [3.63, 3.8) is 0 Å². The van der Waals surface area contributed by atoms with Crippen LogP contribution >= 0.6 is 0 Å². The lowest BCUT2D eigenvalue weighted by Gasteiger charge is -2.20. The highest BCUT2D eigenvalue weighted by molar-refractivity contribution is 7.91. The fourth-order valence-electron chi connectivity index (χ4n) is 4.00. The summed E-state index contributed by atoms with van der Waals surface area (Å²) in [5, 5.41) is 8.11. The van der Waals surface area contributed by atoms with Gasteiger partial charge in [-0.3, -0.25) is 4.79 Å². The minimum Gasteiger partial charge on any atom is -0.352 e. The van der Waals surface area contributed by atoms with Crippen LogP contribution in [0.4, 0.5) is 21.9 Å². The molecule has 0 saturated carbocycles. The summed E-state index contributed by atoms with van der Waals surface area (Å²) in [7, 11) is -3.03. The third-order valence-corrected chi connectivity index (χ3v) is 7.33. The number of hydrogen-bond donors (Lipinski definition) is 3. The minimum absolute atomic E-state index is 0.00827. The summed E-state index contributed by atoms with van der Waals surface area (Å²) in [6.45, 7) is 1.10. The van der Waals surface area contributed by atoms with Gasteiger partial charge in [-0.2, -0.15) is 0 Å². The first-order chi connectivity index (χ1) is 14.9. The molecule has 1 atom stereocenters. The number of fused-ring (bicyclic) bond motifs is 1. The average Bonchev–Trinajstić information content (AvgIpc) is 3.31. The van der Waals surface area contributed by atoms with Crippen LogP contribution in [0.1, 0.15) is 18.4 Å². The van der Waals surface area contributed by atoms with E-state index in [0.29, 0.717) is 12.1 Å². The van der Waals surface area contributed by atoms with Crippen molar-refractivity contribution in [3.8, 4) is 0 Å². The largest absolute Gasteiger partial charge is 0.352 e. The summed E-state index contributed by atoms with van der Waals surface area (Å²) in [6.07, 6.45) is 1.56. The van der Waals surface area contributed by atoms with E-state index in [1.807, 2.05) is 30.3 Å². The van der Waals surface area contributed by atoms with Gasteiger partial charge in [0.05, 0.1) is 11.5 Å². The molecule has 3 amide bonds. The van der Waals surface area contributed by atoms with Gasteiger partial charge in [-0.15, -0.1) is 0 Å². The molecule has 8 nitrogen and oxygen atoms in total. The molecule has 2 aliphatic heterocycles. The number of nitrogens with zero attached hydrogens (tertiary/aromatic N) is 1. The van der Waals surface area contributed by atoms with E-state index >= 15 is 0 Å². The molecule has 2 aromatic carbocycles. The first-order valence-electron chi connectivity index (χ1n) is 10.4. The second kappa shape index (κ2) is 8.97. The topological polar surface area (TPSA) is 108 Å². The Bertz CT molecular complexity index is 1070. The lowest BCUT2D eigenvalue weighted by molar-refractivity contribution is -0.121. The molecule has 31 heavy (non-hydrogen) atoms. The molecular weight excluding hydrogens is 416 g/mol. The Morgan fingerprint density at radius 1 is 1.06 bits per heavy atom. The monoisotopic (exact) mass is 442 g/mol. The normalized spacial score (nSPS) is 19.0. The van der Waals surface area contributed by atoms with Crippen LogP contribution in [0.5, 0.6) is 0 Å². The van der Waals surface area contributed by atoms with Crippen LogP contribution < -0.4 is 20.9 Å². The van der Waals surface area contributed by atoms with E-state index in [2.05, 4.69) is 39.0 Å². The van der Waals surface area contributed by atoms with Gasteiger partial charge in [0.25, 0.3) is 0 Å². The van der Waals surface area contributed by atoms with Crippen molar-refractivity contribution in [2.75, 3.05) is 34.8 Å². The second-order valence-corrected chi connectivity index (χ2v) is 10.1. The Balaban J connectivity index is 1.21. The number of para-hydroxylation sites is 1. The Labute approximate surface area is 181 Å². The molecule has 164 valence electrons. The van der Waals surface area contributed by atoms with E-state index < -0.39 is 15.9 Å². The van der Waals surface area contributed by atoms with Crippen LogP contribution in [-0.4, -0.2) is 51.0 Å². The van der Waals surface area contributed by atoms with Gasteiger partial charge < -0.3 is 20.9 Å².